The van der Waals surface area contributed by atoms with E-state index in [9.17, 15) is 0 Å². The van der Waals surface area contributed by atoms with Gasteiger partial charge in [-0.3, -0.25) is 0 Å². The Labute approximate surface area is 877 Å². The molecular formula is C146H106N4. The summed E-state index contributed by atoms with van der Waals surface area (Å²) in [4.78, 5) is 10.4. The topological polar surface area (TPSA) is 13.0 Å². The van der Waals surface area contributed by atoms with Gasteiger partial charge in [0.15, 0.2) is 0 Å². The molecule has 4 heteroatoms. The summed E-state index contributed by atoms with van der Waals surface area (Å²) >= 11 is 0. The second-order valence-electron chi connectivity index (χ2n) is 40.0. The summed E-state index contributed by atoms with van der Waals surface area (Å²) in [7, 11) is 0. The van der Waals surface area contributed by atoms with E-state index in [1.807, 2.05) is 0 Å². The average Bonchev–Trinajstić information content (AvgIpc) is 0.712. The van der Waals surface area contributed by atoms with Gasteiger partial charge in [-0.2, -0.15) is 0 Å². The molecule has 26 rings (SSSR count). The second-order valence-corrected chi connectivity index (χ2v) is 40.0. The molecule has 0 N–H and O–H groups in total. The zero-order valence-electron chi connectivity index (χ0n) is 84.6. The SMILES string of the molecule is Cc1ccc(-c2ccccc2)cc1N(c1c(C)cccc1-c1ccccc1)c1ccc2ccc3c(N(c4cc(-c5cccc(-c6cccc(-c7ccc(-c8ccccc8)c(N(c8c(C)cccc8-c8ccccc8)c8ccc9ccc%10c(N(c%11cc(-c%12ccccc%12)ccc%11-c%11ccccc%11)c%11c(C)cccc%11-c%11ccccc%11)ccc%11ccc8c9c%11%10)c7)c6)c5)ccc4C)c4c(C)cccc4-c4ccccc4)ccc4ccc1c2c43. The Morgan fingerprint density at radius 2 is 0.307 bits per heavy atom. The molecule has 0 fully saturated rings. The maximum Gasteiger partial charge on any atom is 0.0569 e. The molecule has 0 radical (unpaired) electrons. The lowest BCUT2D eigenvalue weighted by Crippen LogP contribution is -2.15. The molecule has 0 atom stereocenters. The van der Waals surface area contributed by atoms with Gasteiger partial charge < -0.3 is 19.6 Å². The van der Waals surface area contributed by atoms with E-state index in [0.29, 0.717) is 0 Å². The molecule has 0 heterocycles. The normalized spacial score (nSPS) is 11.5. The van der Waals surface area contributed by atoms with E-state index in [2.05, 4.69) is 595 Å². The van der Waals surface area contributed by atoms with E-state index in [1.165, 1.54) is 60.0 Å². The van der Waals surface area contributed by atoms with Gasteiger partial charge in [0.2, 0.25) is 0 Å². The first-order valence-electron chi connectivity index (χ1n) is 52.1. The minimum absolute atomic E-state index is 1.05. The Kier molecular flexibility index (Phi) is 23.4. The number of aryl methyl sites for hydroxylation is 6. The third kappa shape index (κ3) is 16.2. The Morgan fingerprint density at radius 3 is 0.567 bits per heavy atom. The van der Waals surface area contributed by atoms with Crippen LogP contribution in [0.2, 0.25) is 0 Å². The van der Waals surface area contributed by atoms with Crippen LogP contribution in [0.5, 0.6) is 0 Å². The van der Waals surface area contributed by atoms with E-state index in [-0.39, 0.29) is 0 Å². The third-order valence-electron chi connectivity index (χ3n) is 30.9. The number of para-hydroxylation sites is 4. The maximum absolute atomic E-state index is 2.62. The van der Waals surface area contributed by atoms with Crippen molar-refractivity contribution in [2.24, 2.45) is 0 Å². The molecule has 0 aliphatic carbocycles. The Balaban J connectivity index is 0.624. The second kappa shape index (κ2) is 38.5. The zero-order chi connectivity index (χ0) is 101. The summed E-state index contributed by atoms with van der Waals surface area (Å²) in [6.07, 6.45) is 0. The Hall–Kier alpha value is -19.0. The minimum atomic E-state index is 1.05. The van der Waals surface area contributed by atoms with Crippen LogP contribution in [0.25, 0.3) is 187 Å². The van der Waals surface area contributed by atoms with Gasteiger partial charge in [0.1, 0.15) is 0 Å². The van der Waals surface area contributed by atoms with Gasteiger partial charge in [0.05, 0.1) is 56.9 Å². The summed E-state index contributed by atoms with van der Waals surface area (Å²) in [6, 6.07) is 199. The fourth-order valence-corrected chi connectivity index (χ4v) is 23.6. The smallest absolute Gasteiger partial charge is 0.0569 e. The number of nitrogens with zero attached hydrogens (tertiary/aromatic N) is 4. The first-order chi connectivity index (χ1) is 73.9. The highest BCUT2D eigenvalue weighted by Gasteiger charge is 2.33. The van der Waals surface area contributed by atoms with Gasteiger partial charge in [-0.25, -0.2) is 0 Å². The van der Waals surface area contributed by atoms with Gasteiger partial charge in [-0.1, -0.05) is 473 Å². The van der Waals surface area contributed by atoms with Crippen molar-refractivity contribution >= 4 is 133 Å². The molecule has 0 aliphatic rings. The van der Waals surface area contributed by atoms with Crippen LogP contribution in [-0.4, -0.2) is 0 Å². The fourth-order valence-electron chi connectivity index (χ4n) is 23.6. The standard InChI is InChI=1S/C146H106N4/c1-95-65-67-117(101-41-15-7-16-42-101)91-135(95)147(143-97(3)37-31-61-123(143)105-49-23-11-24-50-105)131-85-75-109-70-82-128-132(86-76-110-69-81-127(131)139(109)140(110)128)148(144-98(4)38-32-62-124(144)106-51-25-12-26-52-106)136-92-119(68-66-96(136)2)115-59-35-57-113(89-115)114-58-36-60-116(90-114)120-74-80-122(104-47-21-10-22-48-104)138(94-120)150(146-100(6)40-34-64-126(146)108-55-29-14-30-56-108)134-88-78-112-71-83-129-133(87-77-111-72-84-130(134)142(112)141(111)129)149(145-99(5)39-33-63-125(145)107-53-27-13-28-54-107)137-93-118(102-43-17-8-18-44-102)73-79-121(137)103-45-19-9-20-46-103/h7-94H,1-6H3. The molecule has 0 spiro atoms. The Morgan fingerprint density at radius 1 is 0.113 bits per heavy atom. The van der Waals surface area contributed by atoms with Crippen molar-refractivity contribution in [3.05, 3.63) is 567 Å². The molecule has 0 aromatic heterocycles. The van der Waals surface area contributed by atoms with Crippen molar-refractivity contribution in [3.63, 3.8) is 0 Å². The van der Waals surface area contributed by atoms with E-state index >= 15 is 0 Å². The van der Waals surface area contributed by atoms with Crippen LogP contribution >= 0.6 is 0 Å². The highest BCUT2D eigenvalue weighted by molar-refractivity contribution is 6.31. The summed E-state index contributed by atoms with van der Waals surface area (Å²) in [5.41, 5.74) is 45.1. The quantitative estimate of drug-likeness (QED) is 0.0592. The van der Waals surface area contributed by atoms with Crippen LogP contribution in [0, 0.1) is 41.5 Å². The third-order valence-corrected chi connectivity index (χ3v) is 30.9. The molecule has 0 aliphatic heterocycles. The van der Waals surface area contributed by atoms with Gasteiger partial charge in [-0.05, 0) is 268 Å². The molecular weight excluding hydrogens is 1810 g/mol. The number of benzene rings is 26. The zero-order valence-corrected chi connectivity index (χ0v) is 84.6. The lowest BCUT2D eigenvalue weighted by atomic mass is 9.89. The van der Waals surface area contributed by atoms with Crippen LogP contribution in [0.1, 0.15) is 33.4 Å². The molecule has 0 saturated carbocycles. The molecule has 26 aromatic carbocycles. The van der Waals surface area contributed by atoms with Crippen molar-refractivity contribution in [1.29, 1.82) is 0 Å². The van der Waals surface area contributed by atoms with Crippen LogP contribution < -0.4 is 19.6 Å². The molecule has 0 amide bonds. The molecule has 0 bridgehead atoms. The first kappa shape index (κ1) is 91.0. The summed E-state index contributed by atoms with van der Waals surface area (Å²) in [6.45, 7) is 13.7. The highest BCUT2D eigenvalue weighted by atomic mass is 15.2. The summed E-state index contributed by atoms with van der Waals surface area (Å²) in [5.74, 6) is 0. The molecule has 0 unspecified atom stereocenters. The van der Waals surface area contributed by atoms with E-state index in [1.54, 1.807) is 0 Å². The molecule has 710 valence electrons. The van der Waals surface area contributed by atoms with Crippen molar-refractivity contribution < 1.29 is 0 Å². The van der Waals surface area contributed by atoms with Crippen molar-refractivity contribution in [3.8, 4) is 122 Å². The van der Waals surface area contributed by atoms with Gasteiger partial charge >= 0.3 is 0 Å². The van der Waals surface area contributed by atoms with Crippen LogP contribution in [-0.2, 0) is 0 Å². The first-order valence-corrected chi connectivity index (χ1v) is 52.1. The molecule has 26 aromatic rings. The Bertz CT molecular complexity index is 9620. The minimum Gasteiger partial charge on any atom is -0.309 e. The fraction of sp³-hybridized carbons (Fsp3) is 0.0411. The van der Waals surface area contributed by atoms with E-state index < -0.39 is 0 Å². The van der Waals surface area contributed by atoms with Crippen LogP contribution in [0.15, 0.2) is 534 Å². The maximum atomic E-state index is 2.62. The predicted octanol–water partition coefficient (Wildman–Crippen LogP) is 41.5. The largest absolute Gasteiger partial charge is 0.309 e. The monoisotopic (exact) mass is 1910 g/mol. The lowest BCUT2D eigenvalue weighted by molar-refractivity contribution is 1.24. The van der Waals surface area contributed by atoms with Gasteiger partial charge in [0.25, 0.3) is 0 Å². The average molecular weight is 1920 g/mol. The molecule has 150 heavy (non-hydrogen) atoms. The van der Waals surface area contributed by atoms with E-state index in [4.69, 9.17) is 0 Å². The van der Waals surface area contributed by atoms with Crippen molar-refractivity contribution in [2.75, 3.05) is 19.6 Å². The van der Waals surface area contributed by atoms with E-state index in [0.717, 1.165) is 229 Å². The summed E-state index contributed by atoms with van der Waals surface area (Å²) in [5, 5.41) is 14.2. The van der Waals surface area contributed by atoms with Gasteiger partial charge in [0, 0.05) is 66.3 Å². The summed E-state index contributed by atoms with van der Waals surface area (Å²) < 4.78 is 0. The van der Waals surface area contributed by atoms with Crippen LogP contribution in [0.3, 0.4) is 0 Å². The number of hydrogen-bond donors (Lipinski definition) is 0. The molecule has 0 saturated heterocycles. The number of rotatable bonds is 23. The number of anilines is 12. The van der Waals surface area contributed by atoms with Gasteiger partial charge in [-0.15, -0.1) is 0 Å². The number of hydrogen-bond acceptors (Lipinski definition) is 4. The van der Waals surface area contributed by atoms with Crippen molar-refractivity contribution in [1.82, 2.24) is 0 Å². The highest BCUT2D eigenvalue weighted by Crippen LogP contribution is 2.58. The van der Waals surface area contributed by atoms with Crippen molar-refractivity contribution in [2.45, 2.75) is 41.5 Å². The van der Waals surface area contributed by atoms with Crippen LogP contribution in [0.4, 0.5) is 68.2 Å². The predicted molar refractivity (Wildman–Crippen MR) is 641 cm³/mol. The lowest BCUT2D eigenvalue weighted by Gasteiger charge is -2.34. The molecule has 4 nitrogen and oxygen atoms in total.